The maximum Gasteiger partial charge on any atom is 0.272 e. The second-order valence-corrected chi connectivity index (χ2v) is 6.77. The van der Waals surface area contributed by atoms with Crippen molar-refractivity contribution in [1.82, 2.24) is 20.0 Å². The van der Waals surface area contributed by atoms with Crippen LogP contribution in [0.1, 0.15) is 30.3 Å². The predicted molar refractivity (Wildman–Crippen MR) is 92.4 cm³/mol. The van der Waals surface area contributed by atoms with Crippen LogP contribution in [0, 0.1) is 5.92 Å². The minimum absolute atomic E-state index is 0.0702. The van der Waals surface area contributed by atoms with E-state index in [1.54, 1.807) is 7.11 Å². The summed E-state index contributed by atoms with van der Waals surface area (Å²) in [6, 6.07) is 6.02. The van der Waals surface area contributed by atoms with E-state index in [0.717, 1.165) is 29.7 Å². The minimum Gasteiger partial charge on any atom is -0.497 e. The van der Waals surface area contributed by atoms with Gasteiger partial charge in [0, 0.05) is 24.5 Å². The summed E-state index contributed by atoms with van der Waals surface area (Å²) in [5.74, 6) is 1.28. The molecule has 4 heterocycles. The lowest BCUT2D eigenvalue weighted by molar-refractivity contribution is 0.0618. The first-order chi connectivity index (χ1) is 11.7. The number of hydrogen-bond donors (Lipinski definition) is 1. The number of benzene rings is 1. The highest BCUT2D eigenvalue weighted by Crippen LogP contribution is 2.28. The third-order valence-corrected chi connectivity index (χ3v) is 5.44. The van der Waals surface area contributed by atoms with Gasteiger partial charge in [-0.25, -0.2) is 0 Å². The molecule has 3 saturated heterocycles. The summed E-state index contributed by atoms with van der Waals surface area (Å²) in [6.07, 6.45) is 2.37. The van der Waals surface area contributed by atoms with Crippen molar-refractivity contribution in [3.63, 3.8) is 0 Å². The van der Waals surface area contributed by atoms with Gasteiger partial charge in [-0.3, -0.25) is 9.48 Å². The number of aryl methyl sites for hydroxylation is 1. The molecule has 3 aliphatic heterocycles. The van der Waals surface area contributed by atoms with Crippen LogP contribution in [0.15, 0.2) is 18.2 Å². The molecule has 6 nitrogen and oxygen atoms in total. The first-order valence-corrected chi connectivity index (χ1v) is 8.77. The lowest BCUT2D eigenvalue weighted by Gasteiger charge is -2.44. The van der Waals surface area contributed by atoms with E-state index in [4.69, 9.17) is 4.74 Å². The number of piperidine rings is 3. The Morgan fingerprint density at radius 2 is 2.17 bits per heavy atom. The normalized spacial score (nSPS) is 25.8. The fraction of sp³-hybridized carbons (Fsp3) is 0.556. The molecule has 5 rings (SSSR count). The van der Waals surface area contributed by atoms with Gasteiger partial charge in [-0.05, 0) is 57.0 Å². The van der Waals surface area contributed by atoms with Crippen molar-refractivity contribution in [3.05, 3.63) is 23.9 Å². The Labute approximate surface area is 141 Å². The number of methoxy groups -OCH3 is 1. The standard InChI is InChI=1S/C18H24N4O2/c1-3-22-16-5-4-13(24-2)10-14(16)17(20-22)18(23)19-15-11-21-8-6-12(15)7-9-21/h4-5,10,12,15H,3,6-9,11H2,1-2H3,(H,19,23). The summed E-state index contributed by atoms with van der Waals surface area (Å²) >= 11 is 0. The number of ether oxygens (including phenoxy) is 1. The Kier molecular flexibility index (Phi) is 3.92. The summed E-state index contributed by atoms with van der Waals surface area (Å²) in [5.41, 5.74) is 1.47. The highest BCUT2D eigenvalue weighted by atomic mass is 16.5. The molecule has 1 N–H and O–H groups in total. The maximum absolute atomic E-state index is 12.9. The summed E-state index contributed by atoms with van der Waals surface area (Å²) in [6.45, 7) is 6.07. The number of hydrogen-bond acceptors (Lipinski definition) is 4. The Morgan fingerprint density at radius 3 is 2.79 bits per heavy atom. The first kappa shape index (κ1) is 15.4. The maximum atomic E-state index is 12.9. The van der Waals surface area contributed by atoms with Crippen LogP contribution in [0.5, 0.6) is 5.75 Å². The lowest BCUT2D eigenvalue weighted by atomic mass is 9.84. The van der Waals surface area contributed by atoms with E-state index in [9.17, 15) is 4.79 Å². The van der Waals surface area contributed by atoms with Gasteiger partial charge in [0.1, 0.15) is 5.75 Å². The first-order valence-electron chi connectivity index (χ1n) is 8.77. The number of fused-ring (bicyclic) bond motifs is 4. The molecule has 3 aliphatic rings. The average molecular weight is 328 g/mol. The minimum atomic E-state index is -0.0702. The number of carbonyl (C=O) groups is 1. The van der Waals surface area contributed by atoms with Crippen molar-refractivity contribution in [3.8, 4) is 5.75 Å². The monoisotopic (exact) mass is 328 g/mol. The quantitative estimate of drug-likeness (QED) is 0.931. The Morgan fingerprint density at radius 1 is 1.38 bits per heavy atom. The summed E-state index contributed by atoms with van der Waals surface area (Å²) in [4.78, 5) is 15.3. The van der Waals surface area contributed by atoms with E-state index in [2.05, 4.69) is 15.3 Å². The van der Waals surface area contributed by atoms with Crippen LogP contribution < -0.4 is 10.1 Å². The van der Waals surface area contributed by atoms with E-state index in [1.165, 1.54) is 25.9 Å². The molecule has 6 heteroatoms. The summed E-state index contributed by atoms with van der Waals surface area (Å²) in [5, 5.41) is 8.64. The third-order valence-electron chi connectivity index (χ3n) is 5.44. The van der Waals surface area contributed by atoms with Crippen molar-refractivity contribution in [2.24, 2.45) is 5.92 Å². The molecule has 1 atom stereocenters. The van der Waals surface area contributed by atoms with Crippen molar-refractivity contribution in [1.29, 1.82) is 0 Å². The molecule has 24 heavy (non-hydrogen) atoms. The van der Waals surface area contributed by atoms with Crippen LogP contribution in [0.4, 0.5) is 0 Å². The zero-order valence-corrected chi connectivity index (χ0v) is 14.3. The van der Waals surface area contributed by atoms with Crippen LogP contribution in [0.25, 0.3) is 10.9 Å². The van der Waals surface area contributed by atoms with Gasteiger partial charge in [0.05, 0.1) is 12.6 Å². The summed E-state index contributed by atoms with van der Waals surface area (Å²) < 4.78 is 7.19. The van der Waals surface area contributed by atoms with E-state index < -0.39 is 0 Å². The van der Waals surface area contributed by atoms with Crippen LogP contribution in [0.2, 0.25) is 0 Å². The van der Waals surface area contributed by atoms with E-state index in [1.807, 2.05) is 29.8 Å². The van der Waals surface area contributed by atoms with Gasteiger partial charge in [0.2, 0.25) is 0 Å². The molecule has 0 aliphatic carbocycles. The second kappa shape index (κ2) is 6.09. The van der Waals surface area contributed by atoms with E-state index >= 15 is 0 Å². The molecule has 0 saturated carbocycles. The molecule has 2 aromatic rings. The van der Waals surface area contributed by atoms with Crippen molar-refractivity contribution < 1.29 is 9.53 Å². The molecule has 0 radical (unpaired) electrons. The van der Waals surface area contributed by atoms with Gasteiger partial charge >= 0.3 is 0 Å². The largest absolute Gasteiger partial charge is 0.497 e. The lowest BCUT2D eigenvalue weighted by Crippen LogP contribution is -2.57. The Balaban J connectivity index is 1.64. The highest BCUT2D eigenvalue weighted by Gasteiger charge is 2.35. The van der Waals surface area contributed by atoms with Crippen molar-refractivity contribution >= 4 is 16.8 Å². The van der Waals surface area contributed by atoms with Crippen LogP contribution in [-0.4, -0.2) is 53.4 Å². The topological polar surface area (TPSA) is 59.4 Å². The number of nitrogens with zero attached hydrogens (tertiary/aromatic N) is 3. The molecule has 128 valence electrons. The van der Waals surface area contributed by atoms with Gasteiger partial charge in [-0.2, -0.15) is 5.10 Å². The zero-order chi connectivity index (χ0) is 16.7. The van der Waals surface area contributed by atoms with Crippen LogP contribution >= 0.6 is 0 Å². The van der Waals surface area contributed by atoms with Crippen LogP contribution in [-0.2, 0) is 6.54 Å². The van der Waals surface area contributed by atoms with Gasteiger partial charge in [0.25, 0.3) is 5.91 Å². The molecule has 3 fully saturated rings. The average Bonchev–Trinajstić information content (AvgIpc) is 3.00. The Bertz CT molecular complexity index is 762. The van der Waals surface area contributed by atoms with Gasteiger partial charge in [-0.15, -0.1) is 0 Å². The summed E-state index contributed by atoms with van der Waals surface area (Å²) in [7, 11) is 1.64. The highest BCUT2D eigenvalue weighted by molar-refractivity contribution is 6.05. The SMILES string of the molecule is CCn1nc(C(=O)NC2CN3CCC2CC3)c2cc(OC)ccc21. The van der Waals surface area contributed by atoms with E-state index in [0.29, 0.717) is 11.6 Å². The van der Waals surface area contributed by atoms with Gasteiger partial charge < -0.3 is 15.0 Å². The molecular formula is C18H24N4O2. The fourth-order valence-corrected chi connectivity index (χ4v) is 4.06. The smallest absolute Gasteiger partial charge is 0.272 e. The third kappa shape index (κ3) is 2.55. The molecule has 1 aromatic carbocycles. The Hall–Kier alpha value is -2.08. The molecule has 0 spiro atoms. The fourth-order valence-electron chi connectivity index (χ4n) is 4.06. The van der Waals surface area contributed by atoms with Crippen molar-refractivity contribution in [2.45, 2.75) is 32.4 Å². The molecule has 1 amide bonds. The molecule has 1 unspecified atom stereocenters. The predicted octanol–water partition coefficient (Wildman–Crippen LogP) is 1.89. The molecule has 2 bridgehead atoms. The number of aromatic nitrogens is 2. The van der Waals surface area contributed by atoms with Gasteiger partial charge in [-0.1, -0.05) is 0 Å². The number of amides is 1. The number of nitrogens with one attached hydrogen (secondary N) is 1. The van der Waals surface area contributed by atoms with Crippen LogP contribution in [0.3, 0.4) is 0 Å². The zero-order valence-electron chi connectivity index (χ0n) is 14.3. The molecular weight excluding hydrogens is 304 g/mol. The number of rotatable bonds is 4. The van der Waals surface area contributed by atoms with Crippen molar-refractivity contribution in [2.75, 3.05) is 26.7 Å². The van der Waals surface area contributed by atoms with Gasteiger partial charge in [0.15, 0.2) is 5.69 Å². The molecule has 1 aromatic heterocycles. The van der Waals surface area contributed by atoms with E-state index in [-0.39, 0.29) is 11.9 Å². The second-order valence-electron chi connectivity index (χ2n) is 6.77. The number of carbonyl (C=O) groups excluding carboxylic acids is 1.